The van der Waals surface area contributed by atoms with E-state index >= 15 is 0 Å². The SMILES string of the molecule is CC(C)C1=C2[C@H]3CC[C@@H]4[C@@]5(C)CC[C@H](O)C(C)(C)[C@@H]5CC[C@@]4(C)[C@]3(C)CC[C@@]2(c2nnc(-c3ccc(Cl)cc3)s2)CC1=O. The summed E-state index contributed by atoms with van der Waals surface area (Å²) >= 11 is 7.86. The van der Waals surface area contributed by atoms with Crippen molar-refractivity contribution in [2.75, 3.05) is 0 Å². The summed E-state index contributed by atoms with van der Waals surface area (Å²) in [6.45, 7) is 16.9. The van der Waals surface area contributed by atoms with Gasteiger partial charge in [0.05, 0.1) is 11.5 Å². The third-order valence-electron chi connectivity index (χ3n) is 14.3. The molecule has 232 valence electrons. The minimum atomic E-state index is -0.329. The Balaban J connectivity index is 1.32. The number of aliphatic hydroxyl groups excluding tert-OH is 1. The number of carbonyl (C=O) groups is 1. The van der Waals surface area contributed by atoms with E-state index in [4.69, 9.17) is 16.7 Å². The van der Waals surface area contributed by atoms with Gasteiger partial charge in [-0.1, -0.05) is 83.5 Å². The van der Waals surface area contributed by atoms with Crippen LogP contribution in [0.4, 0.5) is 0 Å². The summed E-state index contributed by atoms with van der Waals surface area (Å²) in [6.07, 6.45) is 9.24. The Labute approximate surface area is 267 Å². The maximum atomic E-state index is 14.0. The highest BCUT2D eigenvalue weighted by molar-refractivity contribution is 7.14. The van der Waals surface area contributed by atoms with Gasteiger partial charge in [-0.15, -0.1) is 10.2 Å². The van der Waals surface area contributed by atoms with Crippen molar-refractivity contribution in [3.8, 4) is 10.6 Å². The van der Waals surface area contributed by atoms with Crippen molar-refractivity contribution in [1.29, 1.82) is 0 Å². The fraction of sp³-hybridized carbons (Fsp3) is 0.703. The van der Waals surface area contributed by atoms with Gasteiger partial charge < -0.3 is 5.11 Å². The summed E-state index contributed by atoms with van der Waals surface area (Å²) in [6, 6.07) is 7.85. The predicted octanol–water partition coefficient (Wildman–Crippen LogP) is 9.45. The number of ketones is 1. The number of hydrogen-bond acceptors (Lipinski definition) is 5. The minimum absolute atomic E-state index is 0.0430. The maximum Gasteiger partial charge on any atom is 0.160 e. The van der Waals surface area contributed by atoms with Gasteiger partial charge in [-0.2, -0.15) is 0 Å². The van der Waals surface area contributed by atoms with Gasteiger partial charge in [0, 0.05) is 17.0 Å². The number of carbonyl (C=O) groups excluding carboxylic acids is 1. The minimum Gasteiger partial charge on any atom is -0.393 e. The number of Topliss-reactive ketones (excluding diaryl/α,β-unsaturated/α-hetero) is 1. The van der Waals surface area contributed by atoms with E-state index in [1.54, 1.807) is 11.3 Å². The van der Waals surface area contributed by atoms with Crippen LogP contribution in [-0.4, -0.2) is 27.2 Å². The number of nitrogens with zero attached hydrogens (tertiary/aromatic N) is 2. The Hall–Kier alpha value is -1.56. The fourth-order valence-electron chi connectivity index (χ4n) is 12.0. The first-order valence-corrected chi connectivity index (χ1v) is 17.9. The van der Waals surface area contributed by atoms with E-state index in [2.05, 4.69) is 53.6 Å². The van der Waals surface area contributed by atoms with Crippen molar-refractivity contribution in [3.63, 3.8) is 0 Å². The summed E-state index contributed by atoms with van der Waals surface area (Å²) < 4.78 is 0. The number of halogens is 1. The van der Waals surface area contributed by atoms with Crippen LogP contribution in [0.25, 0.3) is 10.6 Å². The monoisotopic (exact) mass is 620 g/mol. The lowest BCUT2D eigenvalue weighted by molar-refractivity contribution is -0.226. The predicted molar refractivity (Wildman–Crippen MR) is 175 cm³/mol. The van der Waals surface area contributed by atoms with E-state index in [0.717, 1.165) is 53.3 Å². The lowest BCUT2D eigenvalue weighted by atomic mass is 9.33. The summed E-state index contributed by atoms with van der Waals surface area (Å²) in [7, 11) is 0. The van der Waals surface area contributed by atoms with Crippen LogP contribution in [0.5, 0.6) is 0 Å². The summed E-state index contributed by atoms with van der Waals surface area (Å²) in [5.74, 6) is 2.11. The largest absolute Gasteiger partial charge is 0.393 e. The standard InChI is InChI=1S/C37H49ClN2O2S/c1-21(2)29-25(41)20-37(32-40-39-31(43-32)22-8-10-23(38)11-9-22)19-18-35(6)24(30(29)37)12-13-27-34(5)16-15-28(42)33(3,4)26(34)14-17-36(27,35)7/h8-11,21,24,26-28,42H,12-20H2,1-7H3/t24-,26+,27-,28+,34+,35-,36-,37-/m1/s1. The number of aliphatic hydroxyl groups is 1. The van der Waals surface area contributed by atoms with Crippen molar-refractivity contribution >= 4 is 28.7 Å². The number of aromatic nitrogens is 2. The van der Waals surface area contributed by atoms with E-state index in [-0.39, 0.29) is 39.1 Å². The van der Waals surface area contributed by atoms with Crippen molar-refractivity contribution in [2.24, 2.45) is 45.3 Å². The van der Waals surface area contributed by atoms with E-state index in [1.165, 1.54) is 24.8 Å². The van der Waals surface area contributed by atoms with Crippen molar-refractivity contribution in [2.45, 2.75) is 118 Å². The molecule has 6 heteroatoms. The highest BCUT2D eigenvalue weighted by Gasteiger charge is 2.70. The Morgan fingerprint density at radius 3 is 2.30 bits per heavy atom. The Kier molecular flexibility index (Phi) is 6.81. The maximum absolute atomic E-state index is 14.0. The molecule has 0 amide bonds. The highest BCUT2D eigenvalue weighted by Crippen LogP contribution is 2.76. The van der Waals surface area contributed by atoms with E-state index in [9.17, 15) is 9.90 Å². The second-order valence-corrected chi connectivity index (χ2v) is 18.0. The van der Waals surface area contributed by atoms with Crippen molar-refractivity contribution in [3.05, 3.63) is 45.4 Å². The average molecular weight is 621 g/mol. The molecule has 4 saturated carbocycles. The molecule has 4 nitrogen and oxygen atoms in total. The van der Waals surface area contributed by atoms with Gasteiger partial charge in [0.1, 0.15) is 10.0 Å². The Morgan fingerprint density at radius 1 is 0.884 bits per heavy atom. The first kappa shape index (κ1) is 30.1. The normalized spacial score (nSPS) is 42.0. The Bertz CT molecular complexity index is 1490. The third kappa shape index (κ3) is 3.92. The first-order valence-electron chi connectivity index (χ1n) is 16.7. The molecule has 4 fully saturated rings. The van der Waals surface area contributed by atoms with Crippen LogP contribution in [0.15, 0.2) is 35.4 Å². The number of rotatable bonds is 3. The molecule has 5 aliphatic carbocycles. The molecule has 2 aromatic rings. The average Bonchev–Trinajstić information content (AvgIpc) is 3.55. The number of benzene rings is 1. The molecule has 1 aromatic heterocycles. The molecule has 0 aliphatic heterocycles. The molecule has 0 bridgehead atoms. The smallest absolute Gasteiger partial charge is 0.160 e. The zero-order valence-electron chi connectivity index (χ0n) is 27.1. The van der Waals surface area contributed by atoms with Crippen LogP contribution in [-0.2, 0) is 10.2 Å². The van der Waals surface area contributed by atoms with Crippen LogP contribution >= 0.6 is 22.9 Å². The van der Waals surface area contributed by atoms with Gasteiger partial charge >= 0.3 is 0 Å². The van der Waals surface area contributed by atoms with Crippen molar-refractivity contribution < 1.29 is 9.90 Å². The molecule has 5 aliphatic rings. The molecular weight excluding hydrogens is 572 g/mol. The second kappa shape index (κ2) is 9.72. The lowest BCUT2D eigenvalue weighted by Crippen LogP contribution is -2.65. The molecule has 0 radical (unpaired) electrons. The van der Waals surface area contributed by atoms with Gasteiger partial charge in [0.15, 0.2) is 5.78 Å². The molecule has 1 N–H and O–H groups in total. The van der Waals surface area contributed by atoms with E-state index in [1.807, 2.05) is 24.3 Å². The molecule has 1 aromatic carbocycles. The number of hydrogen-bond donors (Lipinski definition) is 1. The Morgan fingerprint density at radius 2 is 1.60 bits per heavy atom. The van der Waals surface area contributed by atoms with Gasteiger partial charge in [-0.3, -0.25) is 4.79 Å². The lowest BCUT2D eigenvalue weighted by Gasteiger charge is -2.72. The van der Waals surface area contributed by atoms with Gasteiger partial charge in [-0.05, 0) is 120 Å². The zero-order valence-corrected chi connectivity index (χ0v) is 28.7. The molecule has 0 unspecified atom stereocenters. The third-order valence-corrected chi connectivity index (χ3v) is 15.8. The van der Waals surface area contributed by atoms with Crippen LogP contribution in [0.2, 0.25) is 5.02 Å². The van der Waals surface area contributed by atoms with E-state index < -0.39 is 0 Å². The molecule has 0 spiro atoms. The molecule has 0 saturated heterocycles. The van der Waals surface area contributed by atoms with Gasteiger partial charge in [-0.25, -0.2) is 0 Å². The van der Waals surface area contributed by atoms with Crippen molar-refractivity contribution in [1.82, 2.24) is 10.2 Å². The quantitative estimate of drug-likeness (QED) is 0.371. The molecule has 7 rings (SSSR count). The summed E-state index contributed by atoms with van der Waals surface area (Å²) in [4.78, 5) is 14.0. The first-order chi connectivity index (χ1) is 20.2. The van der Waals surface area contributed by atoms with Gasteiger partial charge in [0.25, 0.3) is 0 Å². The summed E-state index contributed by atoms with van der Waals surface area (Å²) in [5.41, 5.74) is 3.76. The van der Waals surface area contributed by atoms with E-state index in [0.29, 0.717) is 35.0 Å². The number of fused-ring (bicyclic) bond motifs is 7. The van der Waals surface area contributed by atoms with Crippen LogP contribution in [0.1, 0.15) is 111 Å². The van der Waals surface area contributed by atoms with Crippen LogP contribution in [0.3, 0.4) is 0 Å². The summed E-state index contributed by atoms with van der Waals surface area (Å²) in [5, 5.41) is 23.3. The fourth-order valence-corrected chi connectivity index (χ4v) is 13.2. The zero-order chi connectivity index (χ0) is 30.7. The molecule has 43 heavy (non-hydrogen) atoms. The second-order valence-electron chi connectivity index (χ2n) is 16.6. The highest BCUT2D eigenvalue weighted by atomic mass is 35.5. The number of allylic oxidation sites excluding steroid dienone is 2. The van der Waals surface area contributed by atoms with Crippen LogP contribution in [0, 0.1) is 45.3 Å². The topological polar surface area (TPSA) is 63.1 Å². The molecular formula is C37H49ClN2O2S. The molecule has 1 heterocycles. The van der Waals surface area contributed by atoms with Gasteiger partial charge in [0.2, 0.25) is 0 Å². The molecule has 8 atom stereocenters. The van der Waals surface area contributed by atoms with Crippen LogP contribution < -0.4 is 0 Å².